The topological polar surface area (TPSA) is 138 Å². The van der Waals surface area contributed by atoms with Crippen LogP contribution in [0.1, 0.15) is 78.6 Å². The van der Waals surface area contributed by atoms with Gasteiger partial charge in [0.2, 0.25) is 0 Å². The Morgan fingerprint density at radius 3 is 2.52 bits per heavy atom. The lowest BCUT2D eigenvalue weighted by molar-refractivity contribution is -0.180. The Hall–Kier alpha value is -1.03. The normalized spacial score (nSPS) is 46.2. The molecule has 0 amide bonds. The van der Waals surface area contributed by atoms with Crippen LogP contribution in [0, 0.1) is 46.3 Å². The zero-order valence-corrected chi connectivity index (χ0v) is 20.6. The van der Waals surface area contributed by atoms with E-state index in [2.05, 4.69) is 20.8 Å². The average Bonchev–Trinajstić information content (AvgIpc) is 3.05. The Labute approximate surface area is 196 Å². The summed E-state index contributed by atoms with van der Waals surface area (Å²) in [6.45, 7) is 6.30. The van der Waals surface area contributed by atoms with Crippen LogP contribution in [0.4, 0.5) is 0 Å². The van der Waals surface area contributed by atoms with Crippen molar-refractivity contribution in [1.82, 2.24) is 0 Å². The molecule has 3 N–H and O–H groups in total. The van der Waals surface area contributed by atoms with Gasteiger partial charge in [0.05, 0.1) is 12.2 Å². The minimum absolute atomic E-state index is 0.0182. The standard InChI is InChI=1S/C24H38O8S/c1-13(4-7-21(27)28)16-5-6-17-22-18(12-20(26)24(16,17)3)23(2)9-8-15(32-33(29,30)31)10-14(23)11-19(22)25/h13-19,22,25H,4-12H2,1-3H3,(H,27,28)(H,29,30,31)/t13-,14+,15-,16-,17+,18+,19-,22+,23+,24-/m1/s1. The van der Waals surface area contributed by atoms with Gasteiger partial charge in [-0.3, -0.25) is 14.1 Å². The van der Waals surface area contributed by atoms with Crippen molar-refractivity contribution in [2.24, 2.45) is 46.3 Å². The minimum atomic E-state index is -4.52. The summed E-state index contributed by atoms with van der Waals surface area (Å²) in [5.74, 6) is -0.142. The molecule has 8 nitrogen and oxygen atoms in total. The number of Topliss-reactive ketones (excluding diaryl/α,β-unsaturated/α-hetero) is 1. The van der Waals surface area contributed by atoms with Crippen molar-refractivity contribution in [3.63, 3.8) is 0 Å². The molecule has 0 aromatic carbocycles. The highest BCUT2D eigenvalue weighted by atomic mass is 32.3. The number of aliphatic hydroxyl groups is 1. The minimum Gasteiger partial charge on any atom is -0.481 e. The van der Waals surface area contributed by atoms with Gasteiger partial charge in [0.25, 0.3) is 0 Å². The van der Waals surface area contributed by atoms with E-state index in [1.54, 1.807) is 0 Å². The smallest absolute Gasteiger partial charge is 0.397 e. The first-order valence-electron chi connectivity index (χ1n) is 12.4. The number of hydrogen-bond donors (Lipinski definition) is 3. The molecule has 10 atom stereocenters. The van der Waals surface area contributed by atoms with Gasteiger partial charge in [0.1, 0.15) is 5.78 Å². The summed E-state index contributed by atoms with van der Waals surface area (Å²) in [5.41, 5.74) is -0.721. The van der Waals surface area contributed by atoms with Gasteiger partial charge in [0, 0.05) is 18.3 Å². The molecule has 4 aliphatic rings. The van der Waals surface area contributed by atoms with Gasteiger partial charge >= 0.3 is 16.4 Å². The summed E-state index contributed by atoms with van der Waals surface area (Å²) in [7, 11) is -4.52. The SMILES string of the molecule is C[C@H](CCC(=O)O)[C@H]1CC[C@H]2[C@@H]3[C@H](O)C[C@@H]4C[C@H](OS(=O)(=O)O)CC[C@]4(C)[C@H]3CC(=O)[C@]12C. The van der Waals surface area contributed by atoms with Gasteiger partial charge in [-0.05, 0) is 85.9 Å². The first-order valence-corrected chi connectivity index (χ1v) is 13.7. The molecule has 0 unspecified atom stereocenters. The number of rotatable bonds is 6. The number of carbonyl (C=O) groups excluding carboxylic acids is 1. The maximum absolute atomic E-state index is 13.7. The molecule has 4 aliphatic carbocycles. The maximum atomic E-state index is 13.7. The van der Waals surface area contributed by atoms with E-state index in [0.29, 0.717) is 38.5 Å². The number of hydrogen-bond acceptors (Lipinski definition) is 6. The Morgan fingerprint density at radius 2 is 1.88 bits per heavy atom. The van der Waals surface area contributed by atoms with Crippen LogP contribution in [0.15, 0.2) is 0 Å². The van der Waals surface area contributed by atoms with E-state index in [4.69, 9.17) is 13.8 Å². The molecule has 188 valence electrons. The van der Waals surface area contributed by atoms with Crippen molar-refractivity contribution in [3.05, 3.63) is 0 Å². The summed E-state index contributed by atoms with van der Waals surface area (Å²) >= 11 is 0. The van der Waals surface area contributed by atoms with E-state index in [9.17, 15) is 23.1 Å². The van der Waals surface area contributed by atoms with Crippen LogP contribution in [0.2, 0.25) is 0 Å². The molecule has 0 saturated heterocycles. The van der Waals surface area contributed by atoms with Crippen LogP contribution in [0.5, 0.6) is 0 Å². The fourth-order valence-corrected chi connectivity index (χ4v) is 9.17. The number of carboxylic acids is 1. The Kier molecular flexibility index (Phi) is 6.51. The van der Waals surface area contributed by atoms with Gasteiger partial charge in [-0.25, -0.2) is 4.18 Å². The van der Waals surface area contributed by atoms with Gasteiger partial charge < -0.3 is 10.2 Å². The van der Waals surface area contributed by atoms with Gasteiger partial charge in [-0.1, -0.05) is 20.8 Å². The molecule has 0 aromatic rings. The third-order valence-electron chi connectivity index (χ3n) is 10.3. The summed E-state index contributed by atoms with van der Waals surface area (Å²) in [4.78, 5) is 24.8. The largest absolute Gasteiger partial charge is 0.481 e. The number of carbonyl (C=O) groups is 2. The van der Waals surface area contributed by atoms with Crippen molar-refractivity contribution < 1.29 is 37.0 Å². The molecule has 4 rings (SSSR count). The maximum Gasteiger partial charge on any atom is 0.397 e. The highest BCUT2D eigenvalue weighted by Crippen LogP contribution is 2.67. The predicted molar refractivity (Wildman–Crippen MR) is 119 cm³/mol. The van der Waals surface area contributed by atoms with E-state index in [1.165, 1.54) is 0 Å². The molecule has 0 bridgehead atoms. The van der Waals surface area contributed by atoms with Crippen LogP contribution in [-0.4, -0.2) is 47.1 Å². The first kappa shape index (κ1) is 25.1. The monoisotopic (exact) mass is 486 g/mol. The van der Waals surface area contributed by atoms with Crippen LogP contribution in [0.25, 0.3) is 0 Å². The second-order valence-electron chi connectivity index (χ2n) is 11.7. The van der Waals surface area contributed by atoms with E-state index < -0.39 is 34.0 Å². The molecule has 0 aliphatic heterocycles. The zero-order chi connectivity index (χ0) is 24.3. The fourth-order valence-electron chi connectivity index (χ4n) is 8.65. The van der Waals surface area contributed by atoms with Crippen LogP contribution in [-0.2, 0) is 24.2 Å². The summed E-state index contributed by atoms with van der Waals surface area (Å²) in [6.07, 6.45) is 3.84. The summed E-state index contributed by atoms with van der Waals surface area (Å²) in [5, 5.41) is 20.4. The summed E-state index contributed by atoms with van der Waals surface area (Å²) < 4.78 is 36.4. The molecule has 0 heterocycles. The van der Waals surface area contributed by atoms with Crippen molar-refractivity contribution >= 4 is 22.2 Å². The third kappa shape index (κ3) is 4.28. The Bertz CT molecular complexity index is 902. The van der Waals surface area contributed by atoms with Crippen molar-refractivity contribution in [3.8, 4) is 0 Å². The molecule has 0 aromatic heterocycles. The molecular weight excluding hydrogens is 448 g/mol. The lowest BCUT2D eigenvalue weighted by atomic mass is 9.43. The van der Waals surface area contributed by atoms with E-state index in [1.807, 2.05) is 0 Å². The Balaban J connectivity index is 1.57. The van der Waals surface area contributed by atoms with Crippen LogP contribution >= 0.6 is 0 Å². The van der Waals surface area contributed by atoms with E-state index in [-0.39, 0.29) is 53.1 Å². The number of ketones is 1. The van der Waals surface area contributed by atoms with Crippen LogP contribution in [0.3, 0.4) is 0 Å². The lowest BCUT2D eigenvalue weighted by Crippen LogP contribution is -2.61. The van der Waals surface area contributed by atoms with Crippen molar-refractivity contribution in [2.45, 2.75) is 90.8 Å². The molecule has 9 heteroatoms. The number of aliphatic hydroxyl groups excluding tert-OH is 1. The van der Waals surface area contributed by atoms with Crippen molar-refractivity contribution in [1.29, 1.82) is 0 Å². The molecule has 4 saturated carbocycles. The number of carboxylic acid groups (broad SMARTS) is 1. The lowest BCUT2D eigenvalue weighted by Gasteiger charge is -2.61. The quantitative estimate of drug-likeness (QED) is 0.485. The number of fused-ring (bicyclic) bond motifs is 5. The molecule has 0 radical (unpaired) electrons. The molecule has 4 fully saturated rings. The molecule has 0 spiro atoms. The first-order chi connectivity index (χ1) is 15.3. The second kappa shape index (κ2) is 8.57. The fraction of sp³-hybridized carbons (Fsp3) is 0.917. The predicted octanol–water partition coefficient (Wildman–Crippen LogP) is 3.48. The average molecular weight is 487 g/mol. The molecule has 33 heavy (non-hydrogen) atoms. The molecular formula is C24H38O8S. The highest BCUT2D eigenvalue weighted by Gasteiger charge is 2.66. The van der Waals surface area contributed by atoms with Gasteiger partial charge in [0.15, 0.2) is 0 Å². The van der Waals surface area contributed by atoms with Gasteiger partial charge in [-0.15, -0.1) is 0 Å². The van der Waals surface area contributed by atoms with Gasteiger partial charge in [-0.2, -0.15) is 8.42 Å². The second-order valence-corrected chi connectivity index (χ2v) is 12.8. The third-order valence-corrected chi connectivity index (χ3v) is 10.8. The Morgan fingerprint density at radius 1 is 1.18 bits per heavy atom. The van der Waals surface area contributed by atoms with E-state index in [0.717, 1.165) is 12.8 Å². The summed E-state index contributed by atoms with van der Waals surface area (Å²) in [6, 6.07) is 0. The highest BCUT2D eigenvalue weighted by molar-refractivity contribution is 7.80. The zero-order valence-electron chi connectivity index (χ0n) is 19.8. The number of aliphatic carboxylic acids is 1. The van der Waals surface area contributed by atoms with Crippen LogP contribution < -0.4 is 0 Å². The van der Waals surface area contributed by atoms with Crippen molar-refractivity contribution in [2.75, 3.05) is 0 Å². The van der Waals surface area contributed by atoms with E-state index >= 15 is 0 Å².